The third-order valence-electron chi connectivity index (χ3n) is 2.28. The minimum atomic E-state index is 1.14. The summed E-state index contributed by atoms with van der Waals surface area (Å²) in [7, 11) is 0. The van der Waals surface area contributed by atoms with Crippen molar-refractivity contribution in [1.29, 1.82) is 0 Å². The predicted octanol–water partition coefficient (Wildman–Crippen LogP) is 3.38. The molecule has 0 amide bonds. The van der Waals surface area contributed by atoms with Gasteiger partial charge in [-0.1, -0.05) is 32.0 Å². The number of hydrogen-bond acceptors (Lipinski definition) is 1. The Hall–Kier alpha value is -0.980. The fourth-order valence-corrected chi connectivity index (χ4v) is 1.68. The van der Waals surface area contributed by atoms with Crippen LogP contribution in [0.2, 0.25) is 0 Å². The maximum atomic E-state index is 3.43. The lowest BCUT2D eigenvalue weighted by molar-refractivity contribution is 0.827. The minimum Gasteiger partial charge on any atom is -0.385 e. The fourth-order valence-electron chi connectivity index (χ4n) is 1.68. The van der Waals surface area contributed by atoms with E-state index in [1.807, 2.05) is 13.8 Å². The van der Waals surface area contributed by atoms with Gasteiger partial charge in [-0.3, -0.25) is 0 Å². The van der Waals surface area contributed by atoms with E-state index in [1.54, 1.807) is 0 Å². The lowest BCUT2D eigenvalue weighted by atomic mass is 10.0. The van der Waals surface area contributed by atoms with Crippen LogP contribution in [-0.2, 0) is 6.42 Å². The molecular formula is C12H19N. The molecule has 1 aromatic carbocycles. The molecule has 0 fully saturated rings. The van der Waals surface area contributed by atoms with Crippen LogP contribution in [0.4, 0.5) is 5.69 Å². The van der Waals surface area contributed by atoms with Crippen molar-refractivity contribution in [3.63, 3.8) is 0 Å². The zero-order valence-electron chi connectivity index (χ0n) is 8.85. The van der Waals surface area contributed by atoms with Crippen LogP contribution in [-0.4, -0.2) is 6.54 Å². The van der Waals surface area contributed by atoms with E-state index < -0.39 is 0 Å². The molecular weight excluding hydrogens is 158 g/mol. The number of rotatable bonds is 0. The van der Waals surface area contributed by atoms with Crippen LogP contribution in [0.5, 0.6) is 0 Å². The van der Waals surface area contributed by atoms with Gasteiger partial charge >= 0.3 is 0 Å². The first-order valence-corrected chi connectivity index (χ1v) is 5.20. The molecule has 1 aliphatic rings. The van der Waals surface area contributed by atoms with Gasteiger partial charge in [0, 0.05) is 12.2 Å². The normalized spacial score (nSPS) is 13.5. The molecule has 1 heteroatoms. The van der Waals surface area contributed by atoms with Crippen LogP contribution in [0.1, 0.15) is 31.4 Å². The van der Waals surface area contributed by atoms with Gasteiger partial charge in [0.2, 0.25) is 0 Å². The molecule has 2 rings (SSSR count). The number of fused-ring (bicyclic) bond motifs is 1. The third-order valence-corrected chi connectivity index (χ3v) is 2.28. The molecule has 1 aromatic rings. The number of nitrogens with one attached hydrogen (secondary N) is 1. The van der Waals surface area contributed by atoms with Crippen LogP contribution in [0.15, 0.2) is 18.2 Å². The topological polar surface area (TPSA) is 12.0 Å². The Morgan fingerprint density at radius 3 is 2.69 bits per heavy atom. The second kappa shape index (κ2) is 4.90. The Morgan fingerprint density at radius 2 is 2.00 bits per heavy atom. The number of hydrogen-bond donors (Lipinski definition) is 1. The highest BCUT2D eigenvalue weighted by atomic mass is 14.9. The van der Waals surface area contributed by atoms with Crippen LogP contribution in [0.25, 0.3) is 0 Å². The molecule has 1 N–H and O–H groups in total. The molecule has 0 spiro atoms. The standard InChI is InChI=1S/C10H13N.C2H6/c1-8-4-2-5-9-6-3-7-11-10(8)9;1-2/h2,4-5,11H,3,6-7H2,1H3;1-2H3. The molecule has 13 heavy (non-hydrogen) atoms. The van der Waals surface area contributed by atoms with E-state index in [-0.39, 0.29) is 0 Å². The Kier molecular flexibility index (Phi) is 3.81. The van der Waals surface area contributed by atoms with Crippen molar-refractivity contribution in [2.75, 3.05) is 11.9 Å². The summed E-state index contributed by atoms with van der Waals surface area (Å²) < 4.78 is 0. The Morgan fingerprint density at radius 1 is 1.23 bits per heavy atom. The van der Waals surface area contributed by atoms with Crippen molar-refractivity contribution < 1.29 is 0 Å². The maximum absolute atomic E-state index is 3.43. The summed E-state index contributed by atoms with van der Waals surface area (Å²) in [5.41, 5.74) is 4.23. The first kappa shape index (κ1) is 10.1. The summed E-state index contributed by atoms with van der Waals surface area (Å²) in [5, 5.41) is 3.43. The van der Waals surface area contributed by atoms with Gasteiger partial charge in [0.05, 0.1) is 0 Å². The van der Waals surface area contributed by atoms with E-state index in [9.17, 15) is 0 Å². The minimum absolute atomic E-state index is 1.14. The summed E-state index contributed by atoms with van der Waals surface area (Å²) in [4.78, 5) is 0. The average Bonchev–Trinajstić information content (AvgIpc) is 2.22. The van der Waals surface area contributed by atoms with Crippen LogP contribution in [0, 0.1) is 6.92 Å². The Balaban J connectivity index is 0.000000396. The highest BCUT2D eigenvalue weighted by molar-refractivity contribution is 5.58. The quantitative estimate of drug-likeness (QED) is 0.640. The summed E-state index contributed by atoms with van der Waals surface area (Å²) >= 11 is 0. The summed E-state index contributed by atoms with van der Waals surface area (Å²) in [6.45, 7) is 7.30. The van der Waals surface area contributed by atoms with Crippen molar-refractivity contribution in [3.05, 3.63) is 29.3 Å². The number of para-hydroxylation sites is 1. The van der Waals surface area contributed by atoms with E-state index in [0.29, 0.717) is 0 Å². The van der Waals surface area contributed by atoms with E-state index >= 15 is 0 Å². The van der Waals surface area contributed by atoms with E-state index in [2.05, 4.69) is 30.4 Å². The zero-order valence-corrected chi connectivity index (χ0v) is 8.85. The predicted molar refractivity (Wildman–Crippen MR) is 59.3 cm³/mol. The fraction of sp³-hybridized carbons (Fsp3) is 0.500. The van der Waals surface area contributed by atoms with Crippen molar-refractivity contribution in [2.45, 2.75) is 33.6 Å². The summed E-state index contributed by atoms with van der Waals surface area (Å²) in [6.07, 6.45) is 2.51. The molecule has 0 atom stereocenters. The largest absolute Gasteiger partial charge is 0.385 e. The Bertz CT molecular complexity index is 266. The molecule has 1 aliphatic heterocycles. The van der Waals surface area contributed by atoms with Gasteiger partial charge in [0.25, 0.3) is 0 Å². The van der Waals surface area contributed by atoms with Crippen LogP contribution < -0.4 is 5.32 Å². The molecule has 0 aliphatic carbocycles. The maximum Gasteiger partial charge on any atom is 0.0402 e. The van der Waals surface area contributed by atoms with Crippen LogP contribution in [0.3, 0.4) is 0 Å². The van der Waals surface area contributed by atoms with E-state index in [1.165, 1.54) is 29.7 Å². The molecule has 0 unspecified atom stereocenters. The van der Waals surface area contributed by atoms with Gasteiger partial charge in [-0.15, -0.1) is 0 Å². The van der Waals surface area contributed by atoms with Crippen molar-refractivity contribution >= 4 is 5.69 Å². The summed E-state index contributed by atoms with van der Waals surface area (Å²) in [6, 6.07) is 6.52. The summed E-state index contributed by atoms with van der Waals surface area (Å²) in [5.74, 6) is 0. The monoisotopic (exact) mass is 177 g/mol. The Labute approximate surface area is 81.2 Å². The van der Waals surface area contributed by atoms with Gasteiger partial charge < -0.3 is 5.32 Å². The molecule has 1 nitrogen and oxygen atoms in total. The third kappa shape index (κ3) is 2.24. The van der Waals surface area contributed by atoms with Crippen LogP contribution >= 0.6 is 0 Å². The highest BCUT2D eigenvalue weighted by Crippen LogP contribution is 2.24. The molecule has 1 heterocycles. The second-order valence-electron chi connectivity index (χ2n) is 3.14. The molecule has 0 saturated carbocycles. The lowest BCUT2D eigenvalue weighted by Gasteiger charge is -2.19. The molecule has 0 aromatic heterocycles. The van der Waals surface area contributed by atoms with Crippen molar-refractivity contribution in [2.24, 2.45) is 0 Å². The zero-order chi connectivity index (χ0) is 9.68. The van der Waals surface area contributed by atoms with Gasteiger partial charge in [-0.25, -0.2) is 0 Å². The van der Waals surface area contributed by atoms with E-state index in [4.69, 9.17) is 0 Å². The molecule has 0 bridgehead atoms. The van der Waals surface area contributed by atoms with Crippen molar-refractivity contribution in [3.8, 4) is 0 Å². The van der Waals surface area contributed by atoms with Crippen molar-refractivity contribution in [1.82, 2.24) is 0 Å². The highest BCUT2D eigenvalue weighted by Gasteiger charge is 2.08. The smallest absolute Gasteiger partial charge is 0.0402 e. The second-order valence-corrected chi connectivity index (χ2v) is 3.14. The molecule has 0 radical (unpaired) electrons. The average molecular weight is 177 g/mol. The SMILES string of the molecule is CC.Cc1cccc2c1NCCC2. The van der Waals surface area contributed by atoms with Gasteiger partial charge in [-0.2, -0.15) is 0 Å². The molecule has 0 saturated heterocycles. The number of benzene rings is 1. The van der Waals surface area contributed by atoms with E-state index in [0.717, 1.165) is 6.54 Å². The van der Waals surface area contributed by atoms with Gasteiger partial charge in [-0.05, 0) is 30.9 Å². The first-order chi connectivity index (χ1) is 6.38. The number of anilines is 1. The van der Waals surface area contributed by atoms with Gasteiger partial charge in [0.1, 0.15) is 0 Å². The lowest BCUT2D eigenvalue weighted by Crippen LogP contribution is -2.12. The first-order valence-electron chi connectivity index (χ1n) is 5.20. The molecule has 72 valence electrons. The van der Waals surface area contributed by atoms with Gasteiger partial charge in [0.15, 0.2) is 0 Å². The number of aryl methyl sites for hydroxylation is 2.